The highest BCUT2D eigenvalue weighted by Gasteiger charge is 2.25. The van der Waals surface area contributed by atoms with Crippen molar-refractivity contribution < 1.29 is 47.7 Å². The summed E-state index contributed by atoms with van der Waals surface area (Å²) in [5.74, 6) is -2.36. The molecule has 3 aromatic carbocycles. The Balaban J connectivity index is 1.70. The third kappa shape index (κ3) is 12.5. The molecule has 52 heavy (non-hydrogen) atoms. The van der Waals surface area contributed by atoms with Crippen LogP contribution >= 0.6 is 0 Å². The molecule has 10 nitrogen and oxygen atoms in total. The quantitative estimate of drug-likeness (QED) is 0.0361. The average molecular weight is 743 g/mol. The molecular weight excluding hydrogens is 697 g/mol. The summed E-state index contributed by atoms with van der Waals surface area (Å²) in [5, 5.41) is 2.28. The van der Waals surface area contributed by atoms with E-state index >= 15 is 0 Å². The Hall–Kier alpha value is -5.34. The zero-order chi connectivity index (χ0) is 38.3. The Morgan fingerprint density at radius 1 is 0.635 bits per heavy atom. The van der Waals surface area contributed by atoms with Gasteiger partial charge in [-0.3, -0.25) is 0 Å². The van der Waals surface area contributed by atoms with Gasteiger partial charge in [0.1, 0.15) is 11.5 Å². The standard InChI is InChI=1S/C40H46O10Si2/c1-8-36(41)47-24-10-26-51(4,5)33-18-12-29(13-19-33)39(44)49-32-17-22-35(31(28-32)16-23-38(43)46-3)50-40(45)30-14-20-34(21-15-30)52(6,7)27-11-25-48-37(42)9-2/h8-9,12-23,28H,1-2,10-11,24-27H2,3-7H3/b23-16+. The first-order valence-electron chi connectivity index (χ1n) is 16.8. The van der Waals surface area contributed by atoms with Gasteiger partial charge in [-0.2, -0.15) is 0 Å². The zero-order valence-corrected chi connectivity index (χ0v) is 32.4. The van der Waals surface area contributed by atoms with Gasteiger partial charge in [0.05, 0.1) is 47.6 Å². The van der Waals surface area contributed by atoms with Crippen LogP contribution in [-0.2, 0) is 28.6 Å². The maximum atomic E-state index is 13.2. The minimum Gasteiger partial charge on any atom is -0.466 e. The summed E-state index contributed by atoms with van der Waals surface area (Å²) in [5.41, 5.74) is 0.993. The predicted molar refractivity (Wildman–Crippen MR) is 206 cm³/mol. The van der Waals surface area contributed by atoms with Crippen LogP contribution in [0.4, 0.5) is 0 Å². The number of carbonyl (C=O) groups excluding carboxylic acids is 5. The van der Waals surface area contributed by atoms with Crippen LogP contribution in [-0.4, -0.2) is 66.3 Å². The topological polar surface area (TPSA) is 132 Å². The molecule has 0 amide bonds. The number of benzene rings is 3. The molecule has 0 N–H and O–H groups in total. The Morgan fingerprint density at radius 2 is 1.10 bits per heavy atom. The van der Waals surface area contributed by atoms with Crippen molar-refractivity contribution >= 4 is 62.4 Å². The van der Waals surface area contributed by atoms with Gasteiger partial charge >= 0.3 is 29.8 Å². The molecule has 3 rings (SSSR count). The predicted octanol–water partition coefficient (Wildman–Crippen LogP) is 6.38. The van der Waals surface area contributed by atoms with Crippen LogP contribution in [0.1, 0.15) is 39.1 Å². The van der Waals surface area contributed by atoms with Crippen molar-refractivity contribution in [3.05, 3.63) is 115 Å². The molecular formula is C40H46O10Si2. The molecule has 274 valence electrons. The Labute approximate surface area is 307 Å². The molecule has 12 heteroatoms. The normalized spacial score (nSPS) is 11.3. The molecule has 0 radical (unpaired) electrons. The first-order chi connectivity index (χ1) is 24.7. The maximum Gasteiger partial charge on any atom is 0.343 e. The molecule has 3 aromatic rings. The maximum absolute atomic E-state index is 13.2. The van der Waals surface area contributed by atoms with E-state index < -0.39 is 46.0 Å². The fraction of sp³-hybridized carbons (Fsp3) is 0.275. The zero-order valence-electron chi connectivity index (χ0n) is 30.4. The van der Waals surface area contributed by atoms with Gasteiger partial charge in [0, 0.05) is 23.8 Å². The molecule has 0 unspecified atom stereocenters. The molecule has 0 aliphatic carbocycles. The Bertz CT molecular complexity index is 1790. The van der Waals surface area contributed by atoms with Gasteiger partial charge in [0.2, 0.25) is 0 Å². The summed E-state index contributed by atoms with van der Waals surface area (Å²) in [6.45, 7) is 16.3. The summed E-state index contributed by atoms with van der Waals surface area (Å²) >= 11 is 0. The van der Waals surface area contributed by atoms with Crippen LogP contribution in [0, 0.1) is 0 Å². The number of methoxy groups -OCH3 is 1. The van der Waals surface area contributed by atoms with E-state index in [-0.39, 0.29) is 11.5 Å². The van der Waals surface area contributed by atoms with Crippen molar-refractivity contribution in [3.63, 3.8) is 0 Å². The van der Waals surface area contributed by atoms with Gasteiger partial charge in [-0.1, -0.05) is 86.1 Å². The van der Waals surface area contributed by atoms with Crippen LogP contribution in [0.15, 0.2) is 98.1 Å². The number of carbonyl (C=O) groups is 5. The van der Waals surface area contributed by atoms with Crippen LogP contribution in [0.25, 0.3) is 6.08 Å². The molecule has 0 fully saturated rings. The summed E-state index contributed by atoms with van der Waals surface area (Å²) in [7, 11) is -2.49. The van der Waals surface area contributed by atoms with Crippen molar-refractivity contribution in [2.24, 2.45) is 0 Å². The summed E-state index contributed by atoms with van der Waals surface area (Å²) < 4.78 is 26.3. The molecule has 0 saturated heterocycles. The van der Waals surface area contributed by atoms with E-state index in [0.29, 0.717) is 29.9 Å². The smallest absolute Gasteiger partial charge is 0.343 e. The molecule has 0 saturated carbocycles. The van der Waals surface area contributed by atoms with Crippen molar-refractivity contribution in [2.75, 3.05) is 20.3 Å². The number of esters is 5. The number of rotatable bonds is 18. The Morgan fingerprint density at radius 3 is 1.54 bits per heavy atom. The summed E-state index contributed by atoms with van der Waals surface area (Å²) in [4.78, 5) is 60.8. The molecule has 0 atom stereocenters. The monoisotopic (exact) mass is 742 g/mol. The number of ether oxygens (including phenoxy) is 5. The third-order valence-electron chi connectivity index (χ3n) is 8.51. The minimum absolute atomic E-state index is 0.147. The van der Waals surface area contributed by atoms with Crippen LogP contribution in [0.2, 0.25) is 38.3 Å². The van der Waals surface area contributed by atoms with Crippen molar-refractivity contribution in [2.45, 2.75) is 51.1 Å². The lowest BCUT2D eigenvalue weighted by atomic mass is 10.1. The van der Waals surface area contributed by atoms with Gasteiger partial charge in [0.15, 0.2) is 0 Å². The largest absolute Gasteiger partial charge is 0.466 e. The fourth-order valence-corrected chi connectivity index (χ4v) is 10.0. The Kier molecular flexibility index (Phi) is 15.3. The van der Waals surface area contributed by atoms with Crippen LogP contribution < -0.4 is 19.8 Å². The highest BCUT2D eigenvalue weighted by Crippen LogP contribution is 2.27. The van der Waals surface area contributed by atoms with E-state index in [4.69, 9.17) is 23.7 Å². The summed E-state index contributed by atoms with van der Waals surface area (Å²) in [6.07, 6.45) is 6.32. The van der Waals surface area contributed by atoms with E-state index in [0.717, 1.165) is 47.5 Å². The first kappa shape index (κ1) is 41.1. The summed E-state index contributed by atoms with van der Waals surface area (Å²) in [6, 6.07) is 20.8. The SMILES string of the molecule is C=CC(=O)OCCC[Si](C)(C)c1ccc(C(=O)Oc2ccc(OC(=O)c3ccc([Si](C)(C)CCCOC(=O)C=C)cc3)c(/C=C/C(=O)OC)c2)cc1. The van der Waals surface area contributed by atoms with E-state index in [9.17, 15) is 24.0 Å². The van der Waals surface area contributed by atoms with E-state index in [1.165, 1.54) is 37.5 Å². The van der Waals surface area contributed by atoms with Gasteiger partial charge in [-0.25, -0.2) is 24.0 Å². The lowest BCUT2D eigenvalue weighted by Crippen LogP contribution is -2.41. The van der Waals surface area contributed by atoms with Gasteiger partial charge in [-0.05, 0) is 61.4 Å². The van der Waals surface area contributed by atoms with Crippen LogP contribution in [0.5, 0.6) is 11.5 Å². The lowest BCUT2D eigenvalue weighted by molar-refractivity contribution is -0.138. The van der Waals surface area contributed by atoms with E-state index in [1.807, 2.05) is 24.3 Å². The molecule has 0 heterocycles. The van der Waals surface area contributed by atoms with Crippen molar-refractivity contribution in [1.82, 2.24) is 0 Å². The highest BCUT2D eigenvalue weighted by molar-refractivity contribution is 6.90. The van der Waals surface area contributed by atoms with Gasteiger partial charge < -0.3 is 23.7 Å². The minimum atomic E-state index is -1.87. The van der Waals surface area contributed by atoms with Crippen LogP contribution in [0.3, 0.4) is 0 Å². The van der Waals surface area contributed by atoms with Gasteiger partial charge in [0.25, 0.3) is 0 Å². The third-order valence-corrected chi connectivity index (χ3v) is 15.5. The van der Waals surface area contributed by atoms with Crippen molar-refractivity contribution in [1.29, 1.82) is 0 Å². The second-order valence-corrected chi connectivity index (χ2v) is 22.9. The van der Waals surface area contributed by atoms with Gasteiger partial charge in [-0.15, -0.1) is 0 Å². The lowest BCUT2D eigenvalue weighted by Gasteiger charge is -2.23. The number of hydrogen-bond acceptors (Lipinski definition) is 10. The second kappa shape index (κ2) is 19.3. The average Bonchev–Trinajstić information content (AvgIpc) is 3.14. The molecule has 0 spiro atoms. The van der Waals surface area contributed by atoms with Crippen molar-refractivity contribution in [3.8, 4) is 11.5 Å². The number of hydrogen-bond donors (Lipinski definition) is 0. The molecule has 0 bridgehead atoms. The molecule has 0 aromatic heterocycles. The molecule has 0 aliphatic rings. The van der Waals surface area contributed by atoms with E-state index in [1.54, 1.807) is 24.3 Å². The fourth-order valence-electron chi connectivity index (χ4n) is 5.26. The van der Waals surface area contributed by atoms with E-state index in [2.05, 4.69) is 39.3 Å². The molecule has 0 aliphatic heterocycles. The highest BCUT2D eigenvalue weighted by atomic mass is 28.3. The second-order valence-electron chi connectivity index (χ2n) is 13.2. The first-order valence-corrected chi connectivity index (χ1v) is 23.2.